The van der Waals surface area contributed by atoms with E-state index >= 15 is 0 Å². The number of aliphatic hydroxyl groups excluding tert-OH is 2. The number of benzene rings is 1. The number of rotatable bonds is 12. The lowest BCUT2D eigenvalue weighted by Crippen LogP contribution is -2.63. The van der Waals surface area contributed by atoms with Gasteiger partial charge in [0.2, 0.25) is 5.78 Å². The predicted molar refractivity (Wildman–Crippen MR) is 186 cm³/mol. The Morgan fingerprint density at radius 1 is 1.15 bits per heavy atom. The molecule has 0 saturated carbocycles. The van der Waals surface area contributed by atoms with Gasteiger partial charge in [-0.15, -0.1) is 0 Å². The zero-order valence-electron chi connectivity index (χ0n) is 30.1. The number of aromatic hydroxyl groups is 1. The smallest absolute Gasteiger partial charge is 0.510 e. The van der Waals surface area contributed by atoms with Crippen LogP contribution >= 0.6 is 0 Å². The third-order valence-corrected chi connectivity index (χ3v) is 10.2. The summed E-state index contributed by atoms with van der Waals surface area (Å²) in [5.41, 5.74) is 2.25. The van der Waals surface area contributed by atoms with Crippen molar-refractivity contribution in [3.8, 4) is 5.75 Å². The molecule has 2 amide bonds. The van der Waals surface area contributed by atoms with Crippen LogP contribution in [0.2, 0.25) is 0 Å². The molecule has 0 aliphatic heterocycles. The molecule has 2 aromatic rings. The number of nitrogens with zero attached hydrogens (tertiary/aromatic N) is 3. The number of likely N-dealkylation sites (N-methyl/N-ethyl adjacent to an activating group) is 1. The first-order valence-corrected chi connectivity index (χ1v) is 16.8. The summed E-state index contributed by atoms with van der Waals surface area (Å²) in [6.45, 7) is 2.33. The Labute approximate surface area is 303 Å². The number of Topliss-reactive ketones (excluding diaryl/α,β-unsaturated/α-hetero) is 2. The molecule has 0 bridgehead atoms. The number of aldehydes is 1. The van der Waals surface area contributed by atoms with Gasteiger partial charge in [-0.1, -0.05) is 6.92 Å². The lowest BCUT2D eigenvalue weighted by Gasteiger charge is -2.50. The number of phenols is 1. The monoisotopic (exact) mass is 741 g/mol. The fraction of sp³-hybridized carbons (Fsp3) is 0.486. The first kappa shape index (κ1) is 38.6. The van der Waals surface area contributed by atoms with E-state index in [1.54, 1.807) is 46.1 Å². The van der Waals surface area contributed by atoms with Crippen LogP contribution in [-0.2, 0) is 32.1 Å². The maximum Gasteiger partial charge on any atom is 0.519 e. The molecule has 0 spiro atoms. The minimum absolute atomic E-state index is 0.00304. The Morgan fingerprint density at radius 2 is 1.83 bits per heavy atom. The van der Waals surface area contributed by atoms with Gasteiger partial charge in [-0.3, -0.25) is 24.2 Å². The summed E-state index contributed by atoms with van der Waals surface area (Å²) in [5.74, 6) is -8.44. The second kappa shape index (κ2) is 14.4. The number of ketones is 2. The number of ether oxygens (including phenoxy) is 1. The van der Waals surface area contributed by atoms with Crippen molar-refractivity contribution in [3.05, 3.63) is 62.0 Å². The number of aryl methyl sites for hydroxylation is 1. The zero-order chi connectivity index (χ0) is 39.3. The summed E-state index contributed by atoms with van der Waals surface area (Å²) in [7, 11) is 6.56. The summed E-state index contributed by atoms with van der Waals surface area (Å²) >= 11 is 0. The number of hydrogen-bond donors (Lipinski definition) is 6. The Balaban J connectivity index is 1.51. The maximum absolute atomic E-state index is 14.4. The van der Waals surface area contributed by atoms with E-state index in [4.69, 9.17) is 19.3 Å². The molecule has 286 valence electrons. The first-order valence-electron chi connectivity index (χ1n) is 16.8. The summed E-state index contributed by atoms with van der Waals surface area (Å²) in [6, 6.07) is -0.129. The molecule has 1 heterocycles. The number of anilines is 2. The van der Waals surface area contributed by atoms with Gasteiger partial charge in [0, 0.05) is 43.9 Å². The number of carbonyl (C=O) groups is 5. The van der Waals surface area contributed by atoms with Crippen molar-refractivity contribution >= 4 is 41.2 Å². The predicted octanol–water partition coefficient (Wildman–Crippen LogP) is 1.07. The standard InChI is InChI=1S/C35H43N5O13/c1-7-17(13-40(8-9-41)33(48)51-14-22-15(2)52-34(49)53-22)37-20-12-21(38(3)4)18-10-16-11-19-26(39(5)6)29(44)25(32(36)47)31(46)35(19,50)30(45)23(16)28(43)24(18)27(20)42/h9,12,16-17,19,26,37,42,44-45,50H,7-8,10-11,13-14H2,1-6H3,(H2,36,47)/t16?,17?,19?,26-,35-/m0/s1. The highest BCUT2D eigenvalue weighted by Crippen LogP contribution is 2.54. The Hall–Kier alpha value is -5.62. The van der Waals surface area contributed by atoms with E-state index in [-0.39, 0.29) is 54.3 Å². The highest BCUT2D eigenvalue weighted by Gasteiger charge is 2.63. The van der Waals surface area contributed by atoms with Crippen LogP contribution in [0.3, 0.4) is 0 Å². The molecule has 1 aromatic heterocycles. The van der Waals surface area contributed by atoms with Gasteiger partial charge in [0.05, 0.1) is 23.8 Å². The minimum atomic E-state index is -2.79. The van der Waals surface area contributed by atoms with Gasteiger partial charge in [0.1, 0.15) is 29.1 Å². The van der Waals surface area contributed by atoms with E-state index in [1.807, 2.05) is 0 Å². The van der Waals surface area contributed by atoms with Crippen LogP contribution in [-0.4, -0.2) is 119 Å². The third-order valence-electron chi connectivity index (χ3n) is 10.2. The number of carbonyl (C=O) groups excluding carboxylic acids is 5. The number of aliphatic hydroxyl groups is 3. The molecule has 18 heteroatoms. The summed E-state index contributed by atoms with van der Waals surface area (Å²) in [4.78, 5) is 80.4. The molecular weight excluding hydrogens is 698 g/mol. The van der Waals surface area contributed by atoms with Crippen LogP contribution < -0.4 is 21.8 Å². The molecule has 18 nitrogen and oxygen atoms in total. The van der Waals surface area contributed by atoms with Gasteiger partial charge in [0.15, 0.2) is 29.5 Å². The van der Waals surface area contributed by atoms with E-state index in [2.05, 4.69) is 5.32 Å². The van der Waals surface area contributed by atoms with Crippen LogP contribution in [0.5, 0.6) is 5.75 Å². The molecule has 1 aromatic carbocycles. The first-order chi connectivity index (χ1) is 24.9. The largest absolute Gasteiger partial charge is 0.519 e. The quantitative estimate of drug-likeness (QED) is 0.101. The zero-order valence-corrected chi connectivity index (χ0v) is 30.1. The molecular formula is C35H43N5O13. The van der Waals surface area contributed by atoms with Crippen molar-refractivity contribution in [1.82, 2.24) is 9.80 Å². The fourth-order valence-corrected chi connectivity index (χ4v) is 7.61. The lowest BCUT2D eigenvalue weighted by atomic mass is 9.58. The molecule has 0 fully saturated rings. The van der Waals surface area contributed by atoms with Gasteiger partial charge in [-0.2, -0.15) is 0 Å². The van der Waals surface area contributed by atoms with Crippen LogP contribution in [0.1, 0.15) is 47.2 Å². The number of nitrogens with two attached hydrogens (primary N) is 1. The Morgan fingerprint density at radius 3 is 2.38 bits per heavy atom. The highest BCUT2D eigenvalue weighted by atomic mass is 16.6. The Bertz CT molecular complexity index is 1990. The maximum atomic E-state index is 14.4. The number of hydrogen-bond acceptors (Lipinski definition) is 16. The number of nitrogens with one attached hydrogen (secondary N) is 1. The van der Waals surface area contributed by atoms with Crippen LogP contribution in [0.15, 0.2) is 42.4 Å². The molecule has 0 radical (unpaired) electrons. The molecule has 0 saturated heterocycles. The molecule has 3 aliphatic rings. The van der Waals surface area contributed by atoms with Crippen molar-refractivity contribution in [3.63, 3.8) is 0 Å². The molecule has 5 atom stereocenters. The van der Waals surface area contributed by atoms with Gasteiger partial charge >= 0.3 is 11.9 Å². The number of primary amides is 1. The molecule has 3 unspecified atom stereocenters. The second-order valence-electron chi connectivity index (χ2n) is 13.8. The van der Waals surface area contributed by atoms with Crippen molar-refractivity contribution in [2.24, 2.45) is 17.6 Å². The normalized spacial score (nSPS) is 22.9. The number of amides is 2. The van der Waals surface area contributed by atoms with Crippen molar-refractivity contribution in [2.45, 2.75) is 57.4 Å². The summed E-state index contributed by atoms with van der Waals surface area (Å²) < 4.78 is 14.9. The van der Waals surface area contributed by atoms with Crippen molar-refractivity contribution in [2.75, 3.05) is 51.5 Å². The average Bonchev–Trinajstić information content (AvgIpc) is 3.41. The Kier molecular flexibility index (Phi) is 10.5. The highest BCUT2D eigenvalue weighted by molar-refractivity contribution is 6.25. The molecule has 5 rings (SSSR count). The van der Waals surface area contributed by atoms with Gasteiger partial charge < -0.3 is 54.7 Å². The van der Waals surface area contributed by atoms with Crippen LogP contribution in [0.4, 0.5) is 16.2 Å². The van der Waals surface area contributed by atoms with E-state index < -0.39 is 88.4 Å². The molecule has 3 aliphatic carbocycles. The number of fused-ring (bicyclic) bond motifs is 3. The van der Waals surface area contributed by atoms with Crippen LogP contribution in [0.25, 0.3) is 0 Å². The third kappa shape index (κ3) is 6.52. The number of allylic oxidation sites excluding steroid dienone is 1. The second-order valence-corrected chi connectivity index (χ2v) is 13.8. The van der Waals surface area contributed by atoms with Gasteiger partial charge in [-0.25, -0.2) is 9.59 Å². The van der Waals surface area contributed by atoms with E-state index in [1.165, 1.54) is 11.8 Å². The summed E-state index contributed by atoms with van der Waals surface area (Å²) in [6.07, 6.45) is -0.0379. The van der Waals surface area contributed by atoms with E-state index in [0.717, 1.165) is 4.90 Å². The summed E-state index contributed by atoms with van der Waals surface area (Å²) in [5, 5.41) is 49.4. The SMILES string of the molecule is CCC(CN(CC=O)C(=O)OCc1oc(=O)oc1C)Nc1cc(N(C)C)c2c(c1O)C(=O)C1=C(O)[C@]3(O)C(=O)C(C(N)=O)=C(O)[C@@H](N(C)C)C3CC1C2. The van der Waals surface area contributed by atoms with Crippen LogP contribution in [0, 0.1) is 18.8 Å². The molecule has 53 heavy (non-hydrogen) atoms. The lowest BCUT2D eigenvalue weighted by molar-refractivity contribution is -0.148. The van der Waals surface area contributed by atoms with Gasteiger partial charge in [0.25, 0.3) is 5.91 Å². The van der Waals surface area contributed by atoms with Crippen molar-refractivity contribution < 1.29 is 58.0 Å². The van der Waals surface area contributed by atoms with E-state index in [9.17, 15) is 49.2 Å². The average molecular weight is 742 g/mol. The fourth-order valence-electron chi connectivity index (χ4n) is 7.61. The van der Waals surface area contributed by atoms with Crippen molar-refractivity contribution in [1.29, 1.82) is 0 Å². The topological polar surface area (TPSA) is 267 Å². The van der Waals surface area contributed by atoms with E-state index in [0.29, 0.717) is 24.0 Å². The minimum Gasteiger partial charge on any atom is -0.510 e. The number of phenolic OH excluding ortho intramolecular Hbond substituents is 1. The van der Waals surface area contributed by atoms with Gasteiger partial charge in [-0.05, 0) is 57.8 Å². The molecule has 7 N–H and O–H groups in total.